The summed E-state index contributed by atoms with van der Waals surface area (Å²) < 4.78 is 13.4. The van der Waals surface area contributed by atoms with Gasteiger partial charge >= 0.3 is 23.5 Å². The number of thiol groups is 1. The van der Waals surface area contributed by atoms with E-state index in [9.17, 15) is 39.3 Å². The van der Waals surface area contributed by atoms with Gasteiger partial charge in [-0.25, -0.2) is 19.6 Å². The van der Waals surface area contributed by atoms with Crippen LogP contribution < -0.4 is 25.7 Å². The number of amides is 1. The lowest BCUT2D eigenvalue weighted by atomic mass is 9.77. The SMILES string of the molecule is N=C=[SH]N(Cc1cnc2[nH]c(N)nc(=O)c2n1)c1ccc(C(=O)N[C@@H](CCC(=O)O)C(=O)O)cc1.O=C1OC2(c3ccc(O)cc3Oc3cc(O)ccc32)c2ccccc21. The van der Waals surface area contributed by atoms with Crippen molar-refractivity contribution < 1.29 is 49.1 Å². The second kappa shape index (κ2) is 16.4. The Bertz CT molecular complexity index is 2780. The highest BCUT2D eigenvalue weighted by Gasteiger charge is 2.53. The van der Waals surface area contributed by atoms with Crippen molar-refractivity contribution in [3.63, 3.8) is 0 Å². The topological polar surface area (TPSA) is 304 Å². The van der Waals surface area contributed by atoms with Crippen LogP contribution in [-0.4, -0.2) is 75.4 Å². The number of carboxylic acid groups (broad SMARTS) is 2. The smallest absolute Gasteiger partial charge is 0.340 e. The summed E-state index contributed by atoms with van der Waals surface area (Å²) in [5.74, 6) is -2.85. The van der Waals surface area contributed by atoms with E-state index >= 15 is 0 Å². The number of hydrogen-bond donors (Lipinski definition) is 9. The van der Waals surface area contributed by atoms with Gasteiger partial charge < -0.3 is 50.2 Å². The number of hydrogen-bond acceptors (Lipinski definition) is 15. The number of nitrogens with one attached hydrogen (secondary N) is 3. The molecular weight excluding hydrogens is 801 g/mol. The summed E-state index contributed by atoms with van der Waals surface area (Å²) >= 11 is 0.345. The fourth-order valence-corrected chi connectivity index (χ4v) is 7.24. The zero-order chi connectivity index (χ0) is 42.7. The van der Waals surface area contributed by atoms with Crippen LogP contribution in [0.1, 0.15) is 55.9 Å². The van der Waals surface area contributed by atoms with Gasteiger partial charge in [0.05, 0.1) is 24.0 Å². The number of fused-ring (bicyclic) bond motifs is 7. The van der Waals surface area contributed by atoms with E-state index in [4.69, 9.17) is 25.7 Å². The van der Waals surface area contributed by atoms with Crippen molar-refractivity contribution in [2.75, 3.05) is 10.0 Å². The minimum Gasteiger partial charge on any atom is -0.508 e. The van der Waals surface area contributed by atoms with E-state index < -0.39 is 47.4 Å². The average Bonchev–Trinajstić information content (AvgIpc) is 3.51. The molecule has 0 fully saturated rings. The van der Waals surface area contributed by atoms with Crippen molar-refractivity contribution in [3.8, 4) is 23.0 Å². The standard InChI is InChI=1S/C20H20N8O6S.C20H12O5/c21-9-35-28(8-11-7-23-16-15(24-11)18(32)27-20(22)26-16)12-3-1-10(2-4-12)17(31)25-13(19(33)34)5-6-14(29)30;21-11-5-7-15-17(9-11)24-18-10-12(22)6-8-16(18)20(15)14-4-2-1-3-13(14)19(23)25-20/h1-4,7,13,21,35H,5-6,8H2,(H,25,31)(H,29,30)(H,33,34)(H3,22,23,26,27,32);1-10,21-22H/t13-;/m0./s1. The number of aliphatic carboxylic acids is 2. The number of aromatic nitrogens is 4. The fraction of sp³-hybridized carbons (Fsp3) is 0.125. The van der Waals surface area contributed by atoms with Gasteiger partial charge in [0, 0.05) is 51.7 Å². The van der Waals surface area contributed by atoms with Crippen LogP contribution in [0, 0.1) is 5.41 Å². The van der Waals surface area contributed by atoms with Crippen LogP contribution in [0.4, 0.5) is 11.6 Å². The largest absolute Gasteiger partial charge is 0.508 e. The summed E-state index contributed by atoms with van der Waals surface area (Å²) in [6.07, 6.45) is 0.778. The number of phenols is 2. The molecule has 0 saturated heterocycles. The monoisotopic (exact) mass is 832 g/mol. The Morgan fingerprint density at radius 1 is 0.933 bits per heavy atom. The number of carboxylic acids is 2. The lowest BCUT2D eigenvalue weighted by Gasteiger charge is -2.36. The Morgan fingerprint density at radius 2 is 1.60 bits per heavy atom. The molecule has 20 heteroatoms. The number of nitrogens with two attached hydrogens (primary N) is 1. The molecule has 0 radical (unpaired) electrons. The molecule has 0 unspecified atom stereocenters. The number of esters is 1. The number of aromatic amines is 1. The van der Waals surface area contributed by atoms with E-state index in [1.807, 2.05) is 12.1 Å². The molecule has 4 heterocycles. The number of phenolic OH excluding ortho intramolecular Hbond substituents is 2. The molecule has 8 rings (SSSR count). The highest BCUT2D eigenvalue weighted by molar-refractivity contribution is 7.98. The number of nitrogen functional groups attached to an aromatic ring is 1. The van der Waals surface area contributed by atoms with Gasteiger partial charge in [-0.05, 0) is 72.6 Å². The molecule has 1 amide bonds. The number of ether oxygens (including phenoxy) is 2. The number of nitrogens with zero attached hydrogens (tertiary/aromatic N) is 4. The average molecular weight is 833 g/mol. The van der Waals surface area contributed by atoms with Gasteiger partial charge in [0.2, 0.25) is 5.95 Å². The molecular formula is C40H32N8O11S. The third-order valence-corrected chi connectivity index (χ3v) is 10.0. The van der Waals surface area contributed by atoms with Crippen LogP contribution in [0.5, 0.6) is 23.0 Å². The molecule has 9 N–H and O–H groups in total. The summed E-state index contributed by atoms with van der Waals surface area (Å²) in [4.78, 5) is 73.7. The van der Waals surface area contributed by atoms with E-state index in [0.717, 1.165) is 0 Å². The maximum atomic E-state index is 12.5. The van der Waals surface area contributed by atoms with Crippen LogP contribution in [0.2, 0.25) is 0 Å². The van der Waals surface area contributed by atoms with Crippen LogP contribution in [0.25, 0.3) is 11.2 Å². The quantitative estimate of drug-likeness (QED) is 0.0409. The second-order valence-corrected chi connectivity index (χ2v) is 14.1. The number of benzene rings is 4. The first-order chi connectivity index (χ1) is 28.8. The molecule has 0 aliphatic carbocycles. The first-order valence-electron chi connectivity index (χ1n) is 17.7. The highest BCUT2D eigenvalue weighted by Crippen LogP contribution is 2.56. The summed E-state index contributed by atoms with van der Waals surface area (Å²) in [7, 11) is 0. The van der Waals surface area contributed by atoms with Crippen molar-refractivity contribution in [1.82, 2.24) is 25.3 Å². The molecule has 19 nitrogen and oxygen atoms in total. The van der Waals surface area contributed by atoms with E-state index in [-0.39, 0.29) is 47.1 Å². The molecule has 304 valence electrons. The minimum atomic E-state index is -1.35. The van der Waals surface area contributed by atoms with Gasteiger partial charge in [-0.15, -0.1) is 0 Å². The number of H-pyrrole nitrogens is 1. The summed E-state index contributed by atoms with van der Waals surface area (Å²) in [5, 5.41) is 49.5. The molecule has 2 aromatic heterocycles. The van der Waals surface area contributed by atoms with Crippen molar-refractivity contribution >= 4 is 63.3 Å². The first kappa shape index (κ1) is 40.1. The molecule has 60 heavy (non-hydrogen) atoms. The van der Waals surface area contributed by atoms with Gasteiger partial charge in [-0.1, -0.05) is 18.2 Å². The Morgan fingerprint density at radius 3 is 2.23 bits per heavy atom. The Balaban J connectivity index is 0.000000190. The predicted molar refractivity (Wildman–Crippen MR) is 215 cm³/mol. The highest BCUT2D eigenvalue weighted by atomic mass is 32.1. The normalized spacial score (nSPS) is 13.2. The number of aromatic hydroxyl groups is 2. The number of anilines is 2. The maximum Gasteiger partial charge on any atom is 0.340 e. The molecule has 0 saturated carbocycles. The van der Waals surface area contributed by atoms with Gasteiger partial charge in [0.1, 0.15) is 29.0 Å². The zero-order valence-corrected chi connectivity index (χ0v) is 31.7. The maximum absolute atomic E-state index is 12.5. The van der Waals surface area contributed by atoms with Crippen LogP contribution in [0.3, 0.4) is 0 Å². The number of carbonyl (C=O) groups excluding carboxylic acids is 2. The number of isothiocyanates is 1. The fourth-order valence-electron chi connectivity index (χ4n) is 6.66. The van der Waals surface area contributed by atoms with E-state index in [1.54, 1.807) is 40.7 Å². The third-order valence-electron chi connectivity index (χ3n) is 9.33. The minimum absolute atomic E-state index is 0.00931. The van der Waals surface area contributed by atoms with Crippen molar-refractivity contribution in [2.45, 2.75) is 31.0 Å². The predicted octanol–water partition coefficient (Wildman–Crippen LogP) is 3.88. The van der Waals surface area contributed by atoms with Crippen LogP contribution in [-0.2, 0) is 26.5 Å². The molecule has 2 aliphatic heterocycles. The third kappa shape index (κ3) is 7.90. The number of rotatable bonds is 10. The summed E-state index contributed by atoms with van der Waals surface area (Å²) in [6, 6.07) is 21.3. The summed E-state index contributed by atoms with van der Waals surface area (Å²) in [6.45, 7) is 0.141. The molecule has 4 aromatic carbocycles. The Labute approximate surface area is 341 Å². The van der Waals surface area contributed by atoms with E-state index in [1.165, 1.54) is 42.6 Å². The van der Waals surface area contributed by atoms with Crippen molar-refractivity contribution in [1.29, 1.82) is 5.41 Å². The second-order valence-electron chi connectivity index (χ2n) is 13.2. The molecule has 0 bridgehead atoms. The summed E-state index contributed by atoms with van der Waals surface area (Å²) in [5.41, 5.74) is 7.50. The Hall–Kier alpha value is -8.09. The van der Waals surface area contributed by atoms with Crippen molar-refractivity contribution in [3.05, 3.63) is 135 Å². The van der Waals surface area contributed by atoms with Gasteiger partial charge in [-0.3, -0.25) is 19.8 Å². The first-order valence-corrected chi connectivity index (χ1v) is 18.6. The van der Waals surface area contributed by atoms with E-state index in [2.05, 4.69) is 30.4 Å². The molecule has 2 aliphatic rings. The van der Waals surface area contributed by atoms with Gasteiger partial charge in [0.25, 0.3) is 5.91 Å². The van der Waals surface area contributed by atoms with Crippen molar-refractivity contribution in [2.24, 2.45) is 0 Å². The van der Waals surface area contributed by atoms with E-state index in [0.29, 0.717) is 56.7 Å². The number of carbonyl (C=O) groups is 4. The molecule has 1 atom stereocenters. The molecule has 1 spiro atoms. The molecule has 6 aromatic rings. The van der Waals surface area contributed by atoms with Crippen LogP contribution in [0.15, 0.2) is 95.9 Å². The van der Waals surface area contributed by atoms with Crippen LogP contribution >= 0.6 is 11.5 Å². The lowest BCUT2D eigenvalue weighted by Crippen LogP contribution is -2.41. The lowest BCUT2D eigenvalue weighted by molar-refractivity contribution is -0.140. The Kier molecular flexibility index (Phi) is 11.0. The zero-order valence-electron chi connectivity index (χ0n) is 30.8. The van der Waals surface area contributed by atoms with Gasteiger partial charge in [-0.2, -0.15) is 4.98 Å². The van der Waals surface area contributed by atoms with Gasteiger partial charge in [0.15, 0.2) is 16.8 Å².